The Bertz CT molecular complexity index is 832. The normalized spacial score (nSPS) is 19.8. The third-order valence-electron chi connectivity index (χ3n) is 3.95. The summed E-state index contributed by atoms with van der Waals surface area (Å²) in [7, 11) is -4.22. The molecule has 140 valence electrons. The quantitative estimate of drug-likeness (QED) is 0.732. The molecule has 25 heavy (non-hydrogen) atoms. The topological polar surface area (TPSA) is 104 Å². The maximum Gasteiger partial charge on any atom is 0.304 e. The largest absolute Gasteiger partial charge is 0.351 e. The fourth-order valence-electron chi connectivity index (χ4n) is 2.53. The molecule has 0 radical (unpaired) electrons. The van der Waals surface area contributed by atoms with E-state index in [9.17, 15) is 21.6 Å². The van der Waals surface area contributed by atoms with E-state index in [1.165, 1.54) is 14.1 Å². The third-order valence-corrected chi connectivity index (χ3v) is 7.53. The van der Waals surface area contributed by atoms with Crippen LogP contribution in [-0.4, -0.2) is 65.2 Å². The zero-order valence-electron chi connectivity index (χ0n) is 14.5. The van der Waals surface area contributed by atoms with Gasteiger partial charge in [0, 0.05) is 20.1 Å². The zero-order chi connectivity index (χ0) is 18.8. The first kappa shape index (κ1) is 19.7. The average molecular weight is 389 g/mol. The SMILES string of the molecule is Cc1ccc(N(CC(=O)N[C@H]2CCS(=O)(=O)C2)S(=O)(=O)N(C)C)cc1. The number of carbonyl (C=O) groups excluding carboxylic acids is 1. The second-order valence-electron chi connectivity index (χ2n) is 6.30. The first-order valence-corrected chi connectivity index (χ1v) is 11.0. The maximum absolute atomic E-state index is 12.6. The summed E-state index contributed by atoms with van der Waals surface area (Å²) < 4.78 is 50.1. The molecular formula is C15H23N3O5S2. The molecule has 1 N–H and O–H groups in total. The van der Waals surface area contributed by atoms with Crippen LogP contribution in [-0.2, 0) is 24.8 Å². The molecule has 0 aromatic heterocycles. The van der Waals surface area contributed by atoms with E-state index < -0.39 is 38.5 Å². The van der Waals surface area contributed by atoms with Crippen molar-refractivity contribution < 1.29 is 21.6 Å². The minimum Gasteiger partial charge on any atom is -0.351 e. The number of hydrogen-bond acceptors (Lipinski definition) is 5. The molecule has 1 fully saturated rings. The van der Waals surface area contributed by atoms with Gasteiger partial charge in [0.25, 0.3) is 0 Å². The Morgan fingerprint density at radius 1 is 1.24 bits per heavy atom. The number of hydrogen-bond donors (Lipinski definition) is 1. The lowest BCUT2D eigenvalue weighted by molar-refractivity contribution is -0.120. The van der Waals surface area contributed by atoms with Gasteiger partial charge in [0.2, 0.25) is 5.91 Å². The summed E-state index contributed by atoms with van der Waals surface area (Å²) in [5.74, 6) is -0.604. The predicted molar refractivity (Wildman–Crippen MR) is 96.3 cm³/mol. The second-order valence-corrected chi connectivity index (χ2v) is 10.6. The molecule has 0 aliphatic carbocycles. The maximum atomic E-state index is 12.6. The molecule has 0 saturated carbocycles. The van der Waals surface area contributed by atoms with Crippen molar-refractivity contribution in [3.05, 3.63) is 29.8 Å². The van der Waals surface area contributed by atoms with E-state index in [-0.39, 0.29) is 11.5 Å². The van der Waals surface area contributed by atoms with Crippen LogP contribution < -0.4 is 9.62 Å². The Balaban J connectivity index is 2.19. The number of nitrogens with zero attached hydrogens (tertiary/aromatic N) is 2. The van der Waals surface area contributed by atoms with Crippen molar-refractivity contribution in [2.24, 2.45) is 0 Å². The van der Waals surface area contributed by atoms with Crippen LogP contribution in [0, 0.1) is 6.92 Å². The van der Waals surface area contributed by atoms with E-state index in [0.29, 0.717) is 12.1 Å². The Hall–Kier alpha value is -1.65. The lowest BCUT2D eigenvalue weighted by Gasteiger charge is -2.27. The van der Waals surface area contributed by atoms with Gasteiger partial charge in [-0.25, -0.2) is 12.7 Å². The number of rotatable bonds is 6. The van der Waals surface area contributed by atoms with Crippen LogP contribution in [0.15, 0.2) is 24.3 Å². The minimum absolute atomic E-state index is 0.0373. The zero-order valence-corrected chi connectivity index (χ0v) is 16.1. The standard InChI is InChI=1S/C15H23N3O5S2/c1-12-4-6-14(7-5-12)18(25(22,23)17(2)3)10-15(19)16-13-8-9-24(20,21)11-13/h4-7,13H,8-11H2,1-3H3,(H,16,19)/t13-/m0/s1. The lowest BCUT2D eigenvalue weighted by Crippen LogP contribution is -2.48. The summed E-state index contributed by atoms with van der Waals surface area (Å²) in [6, 6.07) is 6.30. The molecule has 0 bridgehead atoms. The van der Waals surface area contributed by atoms with Gasteiger partial charge in [-0.05, 0) is 25.5 Å². The Morgan fingerprint density at radius 2 is 1.84 bits per heavy atom. The summed E-state index contributed by atoms with van der Waals surface area (Å²) in [4.78, 5) is 12.3. The molecule has 1 saturated heterocycles. The van der Waals surface area contributed by atoms with Gasteiger partial charge >= 0.3 is 10.2 Å². The molecule has 2 rings (SSSR count). The minimum atomic E-state index is -3.87. The number of aryl methyl sites for hydroxylation is 1. The van der Waals surface area contributed by atoms with E-state index in [2.05, 4.69) is 5.32 Å². The number of amides is 1. The van der Waals surface area contributed by atoms with Crippen molar-refractivity contribution in [1.29, 1.82) is 0 Å². The van der Waals surface area contributed by atoms with Gasteiger partial charge in [-0.2, -0.15) is 12.7 Å². The lowest BCUT2D eigenvalue weighted by atomic mass is 10.2. The van der Waals surface area contributed by atoms with Crippen LogP contribution in [0.4, 0.5) is 5.69 Å². The van der Waals surface area contributed by atoms with Gasteiger partial charge in [-0.1, -0.05) is 17.7 Å². The highest BCUT2D eigenvalue weighted by molar-refractivity contribution is 7.91. The molecule has 1 aliphatic rings. The summed E-state index contributed by atoms with van der Waals surface area (Å²) in [6.07, 6.45) is 0.346. The van der Waals surface area contributed by atoms with Crippen LogP contribution in [0.5, 0.6) is 0 Å². The molecule has 0 spiro atoms. The van der Waals surface area contributed by atoms with E-state index in [4.69, 9.17) is 0 Å². The van der Waals surface area contributed by atoms with Crippen LogP contribution in [0.25, 0.3) is 0 Å². The van der Waals surface area contributed by atoms with Gasteiger partial charge in [0.1, 0.15) is 6.54 Å². The Labute approximate surface area is 148 Å². The van der Waals surface area contributed by atoms with E-state index in [1.807, 2.05) is 6.92 Å². The summed E-state index contributed by atoms with van der Waals surface area (Å²) in [5, 5.41) is 2.61. The first-order valence-electron chi connectivity index (χ1n) is 7.78. The molecule has 1 amide bonds. The molecule has 1 aliphatic heterocycles. The highest BCUT2D eigenvalue weighted by Crippen LogP contribution is 2.20. The van der Waals surface area contributed by atoms with Gasteiger partial charge in [-0.15, -0.1) is 0 Å². The van der Waals surface area contributed by atoms with Gasteiger partial charge in [0.15, 0.2) is 9.84 Å². The molecule has 1 heterocycles. The predicted octanol–water partition coefficient (Wildman–Crippen LogP) is -0.0889. The molecule has 1 atom stereocenters. The number of benzene rings is 1. The third kappa shape index (κ3) is 4.93. The fourth-order valence-corrected chi connectivity index (χ4v) is 5.26. The number of carbonyl (C=O) groups is 1. The smallest absolute Gasteiger partial charge is 0.304 e. The van der Waals surface area contributed by atoms with Crippen molar-refractivity contribution in [3.63, 3.8) is 0 Å². The fraction of sp³-hybridized carbons (Fsp3) is 0.533. The molecular weight excluding hydrogens is 366 g/mol. The van der Waals surface area contributed by atoms with Crippen molar-refractivity contribution in [3.8, 4) is 0 Å². The average Bonchev–Trinajstić information content (AvgIpc) is 2.84. The molecule has 1 aromatic rings. The molecule has 8 nitrogen and oxygen atoms in total. The highest BCUT2D eigenvalue weighted by Gasteiger charge is 2.31. The van der Waals surface area contributed by atoms with Crippen LogP contribution in [0.3, 0.4) is 0 Å². The van der Waals surface area contributed by atoms with E-state index >= 15 is 0 Å². The Kier molecular flexibility index (Phi) is 5.75. The van der Waals surface area contributed by atoms with Crippen molar-refractivity contribution in [2.75, 3.05) is 36.5 Å². The second kappa shape index (κ2) is 7.30. The highest BCUT2D eigenvalue weighted by atomic mass is 32.2. The van der Waals surface area contributed by atoms with E-state index in [1.54, 1.807) is 24.3 Å². The molecule has 0 unspecified atom stereocenters. The Morgan fingerprint density at radius 3 is 2.32 bits per heavy atom. The molecule has 10 heteroatoms. The first-order chi connectivity index (χ1) is 11.5. The number of anilines is 1. The molecule has 1 aromatic carbocycles. The summed E-state index contributed by atoms with van der Waals surface area (Å²) >= 11 is 0. The summed E-state index contributed by atoms with van der Waals surface area (Å²) in [6.45, 7) is 1.46. The van der Waals surface area contributed by atoms with Gasteiger partial charge in [-0.3, -0.25) is 4.79 Å². The van der Waals surface area contributed by atoms with Crippen LogP contribution >= 0.6 is 0 Å². The van der Waals surface area contributed by atoms with E-state index in [0.717, 1.165) is 14.2 Å². The summed E-state index contributed by atoms with van der Waals surface area (Å²) in [5.41, 5.74) is 1.33. The van der Waals surface area contributed by atoms with Crippen LogP contribution in [0.1, 0.15) is 12.0 Å². The number of sulfone groups is 1. The van der Waals surface area contributed by atoms with Gasteiger partial charge < -0.3 is 5.32 Å². The van der Waals surface area contributed by atoms with Crippen molar-refractivity contribution >= 4 is 31.6 Å². The number of nitrogens with one attached hydrogen (secondary N) is 1. The van der Waals surface area contributed by atoms with Crippen molar-refractivity contribution in [2.45, 2.75) is 19.4 Å². The van der Waals surface area contributed by atoms with Gasteiger partial charge in [0.05, 0.1) is 17.2 Å². The van der Waals surface area contributed by atoms with Crippen molar-refractivity contribution in [1.82, 2.24) is 9.62 Å². The van der Waals surface area contributed by atoms with Crippen LogP contribution in [0.2, 0.25) is 0 Å². The monoisotopic (exact) mass is 389 g/mol.